The first-order valence-electron chi connectivity index (χ1n) is 10.5. The molecule has 0 amide bonds. The van der Waals surface area contributed by atoms with Crippen LogP contribution in [0.2, 0.25) is 0 Å². The van der Waals surface area contributed by atoms with Crippen LogP contribution >= 0.6 is 0 Å². The largest absolute Gasteiger partial charge is 0.317 e. The average molecular weight is 421 g/mol. The van der Waals surface area contributed by atoms with Crippen LogP contribution in [0.1, 0.15) is 44.2 Å². The van der Waals surface area contributed by atoms with Gasteiger partial charge in [0, 0.05) is 12.6 Å². The van der Waals surface area contributed by atoms with E-state index < -0.39 is 10.0 Å². The molecule has 0 aromatic heterocycles. The van der Waals surface area contributed by atoms with E-state index in [4.69, 9.17) is 0 Å². The van der Waals surface area contributed by atoms with Crippen LogP contribution in [0.5, 0.6) is 0 Å². The van der Waals surface area contributed by atoms with Gasteiger partial charge in [0.25, 0.3) is 0 Å². The molecule has 3 rings (SSSR count). The molecule has 0 unspecified atom stereocenters. The Labute approximate surface area is 175 Å². The first-order chi connectivity index (χ1) is 14.0. The average Bonchev–Trinajstić information content (AvgIpc) is 2.75. The molecule has 1 saturated heterocycles. The predicted molar refractivity (Wildman–Crippen MR) is 117 cm³/mol. The molecule has 29 heavy (non-hydrogen) atoms. The minimum atomic E-state index is -3.53. The standard InChI is InChI=1S/C21H27FN2O2S.C2H6/c1-17-4-10-21(11-5-17)27(25,26)24(20-12-14-23-15-13-20)16-2-3-18-6-8-19(22)9-7-18;1-2/h4-11,20,23H,2-3,12-16H2,1H3;1-2H3. The lowest BCUT2D eigenvalue weighted by Gasteiger charge is -2.34. The fourth-order valence-electron chi connectivity index (χ4n) is 3.53. The summed E-state index contributed by atoms with van der Waals surface area (Å²) < 4.78 is 41.3. The van der Waals surface area contributed by atoms with Crippen molar-refractivity contribution in [2.45, 2.75) is 57.4 Å². The second-order valence-electron chi connectivity index (χ2n) is 7.14. The fourth-order valence-corrected chi connectivity index (χ4v) is 5.25. The van der Waals surface area contributed by atoms with Gasteiger partial charge in [-0.15, -0.1) is 0 Å². The van der Waals surface area contributed by atoms with Crippen molar-refractivity contribution >= 4 is 10.0 Å². The van der Waals surface area contributed by atoms with Gasteiger partial charge in [-0.1, -0.05) is 43.7 Å². The molecule has 0 radical (unpaired) electrons. The van der Waals surface area contributed by atoms with E-state index >= 15 is 0 Å². The van der Waals surface area contributed by atoms with Gasteiger partial charge in [0.2, 0.25) is 10.0 Å². The summed E-state index contributed by atoms with van der Waals surface area (Å²) in [5.74, 6) is -0.253. The van der Waals surface area contributed by atoms with Gasteiger partial charge < -0.3 is 5.32 Å². The van der Waals surface area contributed by atoms with E-state index in [-0.39, 0.29) is 11.9 Å². The summed E-state index contributed by atoms with van der Waals surface area (Å²) >= 11 is 0. The summed E-state index contributed by atoms with van der Waals surface area (Å²) in [6.45, 7) is 8.09. The van der Waals surface area contributed by atoms with E-state index in [1.807, 2.05) is 32.9 Å². The van der Waals surface area contributed by atoms with Crippen LogP contribution < -0.4 is 5.32 Å². The number of piperidine rings is 1. The lowest BCUT2D eigenvalue weighted by atomic mass is 10.1. The molecule has 1 heterocycles. The topological polar surface area (TPSA) is 49.4 Å². The Morgan fingerprint density at radius 3 is 2.17 bits per heavy atom. The molecule has 1 aliphatic rings. The van der Waals surface area contributed by atoms with Crippen molar-refractivity contribution in [1.29, 1.82) is 0 Å². The van der Waals surface area contributed by atoms with Crippen LogP contribution in [-0.4, -0.2) is 38.4 Å². The van der Waals surface area contributed by atoms with Crippen LogP contribution in [0, 0.1) is 12.7 Å². The predicted octanol–water partition coefficient (Wildman–Crippen LogP) is 4.54. The van der Waals surface area contributed by atoms with Crippen molar-refractivity contribution in [3.63, 3.8) is 0 Å². The van der Waals surface area contributed by atoms with Crippen LogP contribution in [0.3, 0.4) is 0 Å². The van der Waals surface area contributed by atoms with Crippen molar-refractivity contribution in [3.8, 4) is 0 Å². The smallest absolute Gasteiger partial charge is 0.243 e. The van der Waals surface area contributed by atoms with Gasteiger partial charge in [-0.05, 0) is 75.5 Å². The normalized spacial score (nSPS) is 15.1. The third kappa shape index (κ3) is 6.63. The van der Waals surface area contributed by atoms with Gasteiger partial charge >= 0.3 is 0 Å². The third-order valence-electron chi connectivity index (χ3n) is 5.10. The lowest BCUT2D eigenvalue weighted by Crippen LogP contribution is -2.46. The zero-order valence-electron chi connectivity index (χ0n) is 17.7. The second-order valence-corrected chi connectivity index (χ2v) is 9.03. The maximum Gasteiger partial charge on any atom is 0.243 e. The van der Waals surface area contributed by atoms with Crippen LogP contribution in [0.4, 0.5) is 4.39 Å². The maximum absolute atomic E-state index is 13.3. The van der Waals surface area contributed by atoms with E-state index in [0.717, 1.165) is 43.5 Å². The minimum absolute atomic E-state index is 0.0192. The summed E-state index contributed by atoms with van der Waals surface area (Å²) in [5.41, 5.74) is 2.06. The molecule has 1 N–H and O–H groups in total. The number of nitrogens with one attached hydrogen (secondary N) is 1. The van der Waals surface area contributed by atoms with E-state index in [9.17, 15) is 12.8 Å². The minimum Gasteiger partial charge on any atom is -0.317 e. The third-order valence-corrected chi connectivity index (χ3v) is 7.07. The molecule has 4 nitrogen and oxygen atoms in total. The van der Waals surface area contributed by atoms with Gasteiger partial charge in [-0.25, -0.2) is 12.8 Å². The van der Waals surface area contributed by atoms with E-state index in [1.54, 1.807) is 28.6 Å². The summed E-state index contributed by atoms with van der Waals surface area (Å²) in [6.07, 6.45) is 3.08. The highest BCUT2D eigenvalue weighted by molar-refractivity contribution is 7.89. The van der Waals surface area contributed by atoms with Crippen LogP contribution in [-0.2, 0) is 16.4 Å². The molecule has 0 atom stereocenters. The molecular weight excluding hydrogens is 387 g/mol. The number of hydrogen-bond acceptors (Lipinski definition) is 3. The summed E-state index contributed by atoms with van der Waals surface area (Å²) in [4.78, 5) is 0.355. The molecule has 2 aromatic carbocycles. The number of hydrogen-bond donors (Lipinski definition) is 1. The van der Waals surface area contributed by atoms with E-state index in [0.29, 0.717) is 17.9 Å². The van der Waals surface area contributed by atoms with E-state index in [1.165, 1.54) is 12.1 Å². The van der Waals surface area contributed by atoms with Gasteiger partial charge in [0.05, 0.1) is 4.90 Å². The fraction of sp³-hybridized carbons (Fsp3) is 0.478. The summed E-state index contributed by atoms with van der Waals surface area (Å²) in [7, 11) is -3.53. The van der Waals surface area contributed by atoms with Crippen molar-refractivity contribution in [1.82, 2.24) is 9.62 Å². The number of benzene rings is 2. The Balaban J connectivity index is 0.00000145. The van der Waals surface area contributed by atoms with Crippen molar-refractivity contribution in [3.05, 3.63) is 65.5 Å². The molecule has 160 valence electrons. The van der Waals surface area contributed by atoms with Gasteiger partial charge in [-0.3, -0.25) is 0 Å². The Morgan fingerprint density at radius 1 is 1.00 bits per heavy atom. The summed E-state index contributed by atoms with van der Waals surface area (Å²) in [5, 5.41) is 3.30. The monoisotopic (exact) mass is 420 g/mol. The number of nitrogens with zero attached hydrogens (tertiary/aromatic N) is 1. The molecule has 6 heteroatoms. The molecule has 0 aliphatic carbocycles. The number of sulfonamides is 1. The number of aryl methyl sites for hydroxylation is 2. The second kappa shape index (κ2) is 11.4. The Bertz CT molecular complexity index is 830. The Morgan fingerprint density at radius 2 is 1.59 bits per heavy atom. The Kier molecular flexibility index (Phi) is 9.27. The SMILES string of the molecule is CC.Cc1ccc(S(=O)(=O)N(CCCc2ccc(F)cc2)C2CCNCC2)cc1. The molecule has 1 aliphatic heterocycles. The maximum atomic E-state index is 13.3. The molecule has 1 fully saturated rings. The highest BCUT2D eigenvalue weighted by atomic mass is 32.2. The zero-order chi connectivity index (χ0) is 21.3. The first kappa shape index (κ1) is 23.5. The van der Waals surface area contributed by atoms with Crippen LogP contribution in [0.15, 0.2) is 53.4 Å². The van der Waals surface area contributed by atoms with Gasteiger partial charge in [-0.2, -0.15) is 4.31 Å². The molecule has 0 saturated carbocycles. The van der Waals surface area contributed by atoms with Gasteiger partial charge in [0.1, 0.15) is 5.82 Å². The zero-order valence-corrected chi connectivity index (χ0v) is 18.5. The molecule has 0 bridgehead atoms. The first-order valence-corrected chi connectivity index (χ1v) is 11.9. The number of rotatable bonds is 7. The van der Waals surface area contributed by atoms with E-state index in [2.05, 4.69) is 5.32 Å². The molecule has 0 spiro atoms. The van der Waals surface area contributed by atoms with Crippen molar-refractivity contribution in [2.24, 2.45) is 0 Å². The Hall–Kier alpha value is -1.76. The quantitative estimate of drug-likeness (QED) is 0.716. The van der Waals surface area contributed by atoms with Crippen molar-refractivity contribution in [2.75, 3.05) is 19.6 Å². The highest BCUT2D eigenvalue weighted by Gasteiger charge is 2.31. The van der Waals surface area contributed by atoms with Crippen LogP contribution in [0.25, 0.3) is 0 Å². The molecule has 2 aromatic rings. The molecular formula is C23H33FN2O2S. The van der Waals surface area contributed by atoms with Crippen molar-refractivity contribution < 1.29 is 12.8 Å². The number of halogens is 1. The van der Waals surface area contributed by atoms with Gasteiger partial charge in [0.15, 0.2) is 0 Å². The highest BCUT2D eigenvalue weighted by Crippen LogP contribution is 2.24. The lowest BCUT2D eigenvalue weighted by molar-refractivity contribution is 0.260. The summed E-state index contributed by atoms with van der Waals surface area (Å²) in [6, 6.07) is 13.5.